The van der Waals surface area contributed by atoms with Gasteiger partial charge in [0.15, 0.2) is 5.58 Å². The Labute approximate surface area is 215 Å². The molecule has 0 radical (unpaired) electrons. The van der Waals surface area contributed by atoms with Crippen LogP contribution in [0.25, 0.3) is 11.1 Å². The van der Waals surface area contributed by atoms with E-state index in [0.29, 0.717) is 35.4 Å². The van der Waals surface area contributed by atoms with Gasteiger partial charge in [-0.15, -0.1) is 0 Å². The van der Waals surface area contributed by atoms with Gasteiger partial charge in [-0.3, -0.25) is 14.2 Å². The molecule has 190 valence electrons. The van der Waals surface area contributed by atoms with E-state index in [1.54, 1.807) is 23.1 Å². The summed E-state index contributed by atoms with van der Waals surface area (Å²) in [5.41, 5.74) is 6.51. The van der Waals surface area contributed by atoms with Crippen molar-refractivity contribution in [3.05, 3.63) is 93.5 Å². The fourth-order valence-electron chi connectivity index (χ4n) is 4.69. The zero-order valence-electron chi connectivity index (χ0n) is 21.3. The number of aryl methyl sites for hydroxylation is 3. The van der Waals surface area contributed by atoms with E-state index in [4.69, 9.17) is 4.42 Å². The van der Waals surface area contributed by atoms with E-state index in [1.165, 1.54) is 21.4 Å². The van der Waals surface area contributed by atoms with E-state index >= 15 is 0 Å². The minimum absolute atomic E-state index is 0.141. The van der Waals surface area contributed by atoms with Gasteiger partial charge in [-0.1, -0.05) is 29.8 Å². The number of piperazine rings is 1. The number of nitrogens with zero attached hydrogens (tertiary/aromatic N) is 3. The predicted molar refractivity (Wildman–Crippen MR) is 144 cm³/mol. The van der Waals surface area contributed by atoms with Gasteiger partial charge in [-0.25, -0.2) is 4.79 Å². The Morgan fingerprint density at radius 3 is 2.30 bits per heavy atom. The molecule has 0 spiro atoms. The maximum absolute atomic E-state index is 13.1. The summed E-state index contributed by atoms with van der Waals surface area (Å²) < 4.78 is 6.65. The van der Waals surface area contributed by atoms with Gasteiger partial charge in [0, 0.05) is 43.1 Å². The summed E-state index contributed by atoms with van der Waals surface area (Å²) in [5, 5.41) is 2.86. The van der Waals surface area contributed by atoms with Crippen LogP contribution in [0.2, 0.25) is 0 Å². The lowest BCUT2D eigenvalue weighted by atomic mass is 10.1. The van der Waals surface area contributed by atoms with Crippen molar-refractivity contribution < 1.29 is 14.0 Å². The minimum Gasteiger partial charge on any atom is -0.408 e. The number of rotatable bonds is 5. The molecule has 37 heavy (non-hydrogen) atoms. The molecule has 0 saturated carbocycles. The summed E-state index contributed by atoms with van der Waals surface area (Å²) in [5.74, 6) is -1.08. The summed E-state index contributed by atoms with van der Waals surface area (Å²) in [6, 6.07) is 18.7. The smallest absolute Gasteiger partial charge is 0.408 e. The van der Waals surface area contributed by atoms with Crippen molar-refractivity contribution in [2.75, 3.05) is 36.4 Å². The van der Waals surface area contributed by atoms with Crippen LogP contribution in [0.15, 0.2) is 69.9 Å². The van der Waals surface area contributed by atoms with Crippen molar-refractivity contribution >= 4 is 34.3 Å². The van der Waals surface area contributed by atoms with Crippen molar-refractivity contribution in [2.24, 2.45) is 0 Å². The molecule has 2 heterocycles. The van der Waals surface area contributed by atoms with Crippen LogP contribution >= 0.6 is 0 Å². The van der Waals surface area contributed by atoms with E-state index in [2.05, 4.69) is 42.3 Å². The molecule has 1 fully saturated rings. The summed E-state index contributed by atoms with van der Waals surface area (Å²) in [4.78, 5) is 42.6. The van der Waals surface area contributed by atoms with Crippen molar-refractivity contribution in [2.45, 2.75) is 27.3 Å². The Morgan fingerprint density at radius 2 is 1.57 bits per heavy atom. The van der Waals surface area contributed by atoms with Gasteiger partial charge < -0.3 is 19.5 Å². The van der Waals surface area contributed by atoms with Crippen LogP contribution in [0.4, 0.5) is 11.4 Å². The first-order valence-electron chi connectivity index (χ1n) is 12.4. The first-order valence-corrected chi connectivity index (χ1v) is 12.4. The molecule has 3 aromatic carbocycles. The maximum atomic E-state index is 13.1. The molecule has 8 nitrogen and oxygen atoms in total. The molecule has 0 aliphatic carbocycles. The van der Waals surface area contributed by atoms with Crippen molar-refractivity contribution in [1.82, 2.24) is 9.47 Å². The molecule has 2 amide bonds. The van der Waals surface area contributed by atoms with E-state index in [1.807, 2.05) is 31.2 Å². The van der Waals surface area contributed by atoms with Gasteiger partial charge in [0.2, 0.25) is 5.91 Å². The summed E-state index contributed by atoms with van der Waals surface area (Å²) >= 11 is 0. The lowest BCUT2D eigenvalue weighted by molar-refractivity contribution is -0.132. The summed E-state index contributed by atoms with van der Waals surface area (Å²) in [6.07, 6.45) is 0. The fourth-order valence-corrected chi connectivity index (χ4v) is 4.69. The zero-order chi connectivity index (χ0) is 26.1. The second-order valence-corrected chi connectivity index (χ2v) is 9.61. The average molecular weight is 499 g/mol. The lowest BCUT2D eigenvalue weighted by Gasteiger charge is -2.37. The predicted octanol–water partition coefficient (Wildman–Crippen LogP) is 4.12. The largest absolute Gasteiger partial charge is 0.420 e. The molecule has 1 aliphatic rings. The molecule has 1 N–H and O–H groups in total. The number of hydrogen-bond acceptors (Lipinski definition) is 5. The number of carbonyl (C=O) groups is 2. The van der Waals surface area contributed by atoms with E-state index < -0.39 is 5.76 Å². The third-order valence-corrected chi connectivity index (χ3v) is 6.87. The SMILES string of the molecule is Cc1ccc(NC(=O)c2ccc3oc(=O)n(CC(=O)N4CCN(c5cc(C)ccc5C)CC4)c3c2)cc1. The van der Waals surface area contributed by atoms with Crippen LogP contribution in [0.3, 0.4) is 0 Å². The van der Waals surface area contributed by atoms with Gasteiger partial charge in [0.25, 0.3) is 5.91 Å². The Hall–Kier alpha value is -4.33. The summed E-state index contributed by atoms with van der Waals surface area (Å²) in [6.45, 7) is 8.59. The first-order chi connectivity index (χ1) is 17.8. The van der Waals surface area contributed by atoms with Crippen LogP contribution in [0.5, 0.6) is 0 Å². The summed E-state index contributed by atoms with van der Waals surface area (Å²) in [7, 11) is 0. The van der Waals surface area contributed by atoms with Gasteiger partial charge in [0.05, 0.1) is 5.52 Å². The molecule has 1 aliphatic heterocycles. The standard InChI is InChI=1S/C29H30N4O4/c1-19-5-9-23(10-6-19)30-28(35)22-8-11-26-25(17-22)33(29(36)37-26)18-27(34)32-14-12-31(13-15-32)24-16-20(2)4-7-21(24)3/h4-11,16-17H,12-15,18H2,1-3H3,(H,30,35). The molecule has 4 aromatic rings. The Morgan fingerprint density at radius 1 is 0.865 bits per heavy atom. The topological polar surface area (TPSA) is 87.8 Å². The molecular formula is C29H30N4O4. The minimum atomic E-state index is -0.617. The normalized spacial score (nSPS) is 13.7. The molecule has 1 saturated heterocycles. The number of nitrogens with one attached hydrogen (secondary N) is 1. The highest BCUT2D eigenvalue weighted by atomic mass is 16.4. The number of anilines is 2. The molecule has 0 bridgehead atoms. The van der Waals surface area contributed by atoms with Crippen LogP contribution in [0.1, 0.15) is 27.0 Å². The average Bonchev–Trinajstić information content (AvgIpc) is 3.21. The highest BCUT2D eigenvalue weighted by Crippen LogP contribution is 2.23. The van der Waals surface area contributed by atoms with Gasteiger partial charge in [-0.05, 0) is 68.3 Å². The molecule has 0 atom stereocenters. The zero-order valence-corrected chi connectivity index (χ0v) is 21.3. The number of benzene rings is 3. The Bertz CT molecular complexity index is 1530. The van der Waals surface area contributed by atoms with Crippen LogP contribution in [-0.4, -0.2) is 47.5 Å². The molecule has 5 rings (SSSR count). The van der Waals surface area contributed by atoms with Gasteiger partial charge in [-0.2, -0.15) is 0 Å². The third kappa shape index (κ3) is 5.14. The monoisotopic (exact) mass is 498 g/mol. The van der Waals surface area contributed by atoms with E-state index in [0.717, 1.165) is 18.7 Å². The van der Waals surface area contributed by atoms with Crippen molar-refractivity contribution in [1.29, 1.82) is 0 Å². The Balaban J connectivity index is 1.29. The quantitative estimate of drug-likeness (QED) is 0.447. The first kappa shape index (κ1) is 24.4. The van der Waals surface area contributed by atoms with Crippen molar-refractivity contribution in [3.63, 3.8) is 0 Å². The number of fused-ring (bicyclic) bond motifs is 1. The lowest BCUT2D eigenvalue weighted by Crippen LogP contribution is -2.50. The molecular weight excluding hydrogens is 468 g/mol. The Kier molecular flexibility index (Phi) is 6.56. The van der Waals surface area contributed by atoms with Gasteiger partial charge in [0.1, 0.15) is 6.54 Å². The highest BCUT2D eigenvalue weighted by molar-refractivity contribution is 6.05. The number of hydrogen-bond donors (Lipinski definition) is 1. The van der Waals surface area contributed by atoms with Crippen molar-refractivity contribution in [3.8, 4) is 0 Å². The van der Waals surface area contributed by atoms with Crippen LogP contribution < -0.4 is 16.0 Å². The molecule has 8 heteroatoms. The molecule has 0 unspecified atom stereocenters. The number of amides is 2. The molecule has 1 aromatic heterocycles. The van der Waals surface area contributed by atoms with E-state index in [9.17, 15) is 14.4 Å². The number of carbonyl (C=O) groups excluding carboxylic acids is 2. The van der Waals surface area contributed by atoms with Crippen LogP contribution in [0, 0.1) is 20.8 Å². The van der Waals surface area contributed by atoms with E-state index in [-0.39, 0.29) is 18.4 Å². The second-order valence-electron chi connectivity index (χ2n) is 9.61. The van der Waals surface area contributed by atoms with Crippen LogP contribution in [-0.2, 0) is 11.3 Å². The van der Waals surface area contributed by atoms with Gasteiger partial charge >= 0.3 is 5.76 Å². The number of oxazole rings is 1. The number of aromatic nitrogens is 1. The maximum Gasteiger partial charge on any atom is 0.420 e. The second kappa shape index (κ2) is 9.97. The third-order valence-electron chi connectivity index (χ3n) is 6.87. The fraction of sp³-hybridized carbons (Fsp3) is 0.276. The highest BCUT2D eigenvalue weighted by Gasteiger charge is 2.24.